The molecule has 2 aromatic rings. The van der Waals surface area contributed by atoms with E-state index in [2.05, 4.69) is 5.10 Å². The van der Waals surface area contributed by atoms with Gasteiger partial charge < -0.3 is 10.0 Å². The quantitative estimate of drug-likeness (QED) is 0.673. The van der Waals surface area contributed by atoms with Crippen molar-refractivity contribution in [2.75, 3.05) is 13.1 Å². The number of hydrogen-bond acceptors (Lipinski definition) is 5. The second kappa shape index (κ2) is 5.57. The average Bonchev–Trinajstić information content (AvgIpc) is 3.15. The fourth-order valence-corrected chi connectivity index (χ4v) is 2.40. The van der Waals surface area contributed by atoms with Gasteiger partial charge in [-0.2, -0.15) is 5.10 Å². The van der Waals surface area contributed by atoms with Crippen LogP contribution < -0.4 is 0 Å². The standard InChI is InChI=1S/C14H14N4O4/c19-12-5-7-16(9-12)14(20)13-6-8-17(15-13)10-1-3-11(4-2-10)18(21)22/h1-4,6,8,12,19H,5,7,9H2/t12-/m1/s1. The molecule has 1 aromatic carbocycles. The van der Waals surface area contributed by atoms with Gasteiger partial charge in [0, 0.05) is 31.4 Å². The van der Waals surface area contributed by atoms with Gasteiger partial charge >= 0.3 is 0 Å². The van der Waals surface area contributed by atoms with Crippen LogP contribution in [-0.4, -0.2) is 49.8 Å². The lowest BCUT2D eigenvalue weighted by atomic mass is 10.3. The van der Waals surface area contributed by atoms with Gasteiger partial charge in [0.1, 0.15) is 0 Å². The number of nitrogens with zero attached hydrogens (tertiary/aromatic N) is 4. The number of aromatic nitrogens is 2. The first-order valence-corrected chi connectivity index (χ1v) is 6.82. The summed E-state index contributed by atoms with van der Waals surface area (Å²) in [6.45, 7) is 0.841. The first kappa shape index (κ1) is 14.2. The summed E-state index contributed by atoms with van der Waals surface area (Å²) < 4.78 is 1.49. The minimum absolute atomic E-state index is 0.00161. The lowest BCUT2D eigenvalue weighted by Crippen LogP contribution is -2.29. The fourth-order valence-electron chi connectivity index (χ4n) is 2.40. The molecule has 1 aromatic heterocycles. The van der Waals surface area contributed by atoms with Crippen LogP contribution in [0, 0.1) is 10.1 Å². The van der Waals surface area contributed by atoms with E-state index in [9.17, 15) is 20.0 Å². The van der Waals surface area contributed by atoms with Crippen molar-refractivity contribution in [3.63, 3.8) is 0 Å². The molecule has 1 aliphatic heterocycles. The summed E-state index contributed by atoms with van der Waals surface area (Å²) in [6, 6.07) is 7.50. The van der Waals surface area contributed by atoms with Gasteiger partial charge in [-0.25, -0.2) is 4.68 Å². The first-order chi connectivity index (χ1) is 10.5. The molecule has 0 spiro atoms. The Balaban J connectivity index is 1.78. The number of non-ortho nitro benzene ring substituents is 1. The summed E-state index contributed by atoms with van der Waals surface area (Å²) in [4.78, 5) is 23.9. The highest BCUT2D eigenvalue weighted by molar-refractivity contribution is 5.92. The van der Waals surface area contributed by atoms with E-state index >= 15 is 0 Å². The van der Waals surface area contributed by atoms with E-state index in [1.807, 2.05) is 0 Å². The molecule has 0 saturated carbocycles. The van der Waals surface area contributed by atoms with E-state index in [-0.39, 0.29) is 17.3 Å². The Hall–Kier alpha value is -2.74. The highest BCUT2D eigenvalue weighted by Crippen LogP contribution is 2.16. The zero-order valence-corrected chi connectivity index (χ0v) is 11.6. The lowest BCUT2D eigenvalue weighted by molar-refractivity contribution is -0.384. The molecule has 0 aliphatic carbocycles. The van der Waals surface area contributed by atoms with Crippen LogP contribution in [0.25, 0.3) is 5.69 Å². The maximum Gasteiger partial charge on any atom is 0.274 e. The zero-order valence-electron chi connectivity index (χ0n) is 11.6. The molecule has 1 N–H and O–H groups in total. The number of carbonyl (C=O) groups excluding carboxylic acids is 1. The molecular formula is C14H14N4O4. The molecule has 1 fully saturated rings. The molecular weight excluding hydrogens is 288 g/mol. The average molecular weight is 302 g/mol. The van der Waals surface area contributed by atoms with Gasteiger partial charge in [-0.05, 0) is 24.6 Å². The summed E-state index contributed by atoms with van der Waals surface area (Å²) in [6.07, 6.45) is 1.73. The number of β-amino-alcohol motifs (C(OH)–C–C–N with tert-alkyl or cyclic N) is 1. The van der Waals surface area contributed by atoms with Crippen LogP contribution >= 0.6 is 0 Å². The van der Waals surface area contributed by atoms with Gasteiger partial charge in [0.05, 0.1) is 16.7 Å². The lowest BCUT2D eigenvalue weighted by Gasteiger charge is -2.13. The third-order valence-electron chi connectivity index (χ3n) is 3.58. The van der Waals surface area contributed by atoms with Crippen molar-refractivity contribution in [1.82, 2.24) is 14.7 Å². The molecule has 8 nitrogen and oxygen atoms in total. The molecule has 2 heterocycles. The van der Waals surface area contributed by atoms with Crippen molar-refractivity contribution in [2.24, 2.45) is 0 Å². The molecule has 114 valence electrons. The molecule has 8 heteroatoms. The van der Waals surface area contributed by atoms with E-state index in [0.29, 0.717) is 25.2 Å². The number of nitro groups is 1. The van der Waals surface area contributed by atoms with Crippen LogP contribution in [-0.2, 0) is 0 Å². The predicted molar refractivity (Wildman–Crippen MR) is 76.7 cm³/mol. The Morgan fingerprint density at radius 2 is 2.05 bits per heavy atom. The molecule has 1 saturated heterocycles. The number of benzene rings is 1. The third kappa shape index (κ3) is 2.68. The van der Waals surface area contributed by atoms with Crippen molar-refractivity contribution >= 4 is 11.6 Å². The van der Waals surface area contributed by atoms with Gasteiger partial charge in [-0.3, -0.25) is 14.9 Å². The first-order valence-electron chi connectivity index (χ1n) is 6.82. The van der Waals surface area contributed by atoms with Crippen molar-refractivity contribution in [3.05, 3.63) is 52.3 Å². The van der Waals surface area contributed by atoms with Crippen molar-refractivity contribution < 1.29 is 14.8 Å². The minimum atomic E-state index is -0.472. The van der Waals surface area contributed by atoms with Gasteiger partial charge in [0.15, 0.2) is 5.69 Å². The van der Waals surface area contributed by atoms with Gasteiger partial charge in [0.2, 0.25) is 0 Å². The molecule has 1 atom stereocenters. The monoisotopic (exact) mass is 302 g/mol. The van der Waals surface area contributed by atoms with Crippen LogP contribution in [0.15, 0.2) is 36.5 Å². The summed E-state index contributed by atoms with van der Waals surface area (Å²) in [5.41, 5.74) is 0.914. The van der Waals surface area contributed by atoms with Crippen LogP contribution in [0.4, 0.5) is 5.69 Å². The fraction of sp³-hybridized carbons (Fsp3) is 0.286. The highest BCUT2D eigenvalue weighted by Gasteiger charge is 2.26. The summed E-state index contributed by atoms with van der Waals surface area (Å²) in [5, 5.41) is 24.3. The number of amides is 1. The van der Waals surface area contributed by atoms with E-state index < -0.39 is 11.0 Å². The van der Waals surface area contributed by atoms with Crippen molar-refractivity contribution in [3.8, 4) is 5.69 Å². The number of carbonyl (C=O) groups is 1. The second-order valence-electron chi connectivity index (χ2n) is 5.11. The van der Waals surface area contributed by atoms with Crippen LogP contribution in [0.5, 0.6) is 0 Å². The zero-order chi connectivity index (χ0) is 15.7. The minimum Gasteiger partial charge on any atom is -0.391 e. The van der Waals surface area contributed by atoms with Crippen LogP contribution in [0.3, 0.4) is 0 Å². The Labute approximate surface area is 125 Å². The number of nitro benzene ring substituents is 1. The number of aliphatic hydroxyl groups excluding tert-OH is 1. The molecule has 1 amide bonds. The van der Waals surface area contributed by atoms with E-state index in [0.717, 1.165) is 0 Å². The van der Waals surface area contributed by atoms with Gasteiger partial charge in [-0.15, -0.1) is 0 Å². The molecule has 1 aliphatic rings. The summed E-state index contributed by atoms with van der Waals surface area (Å²) in [7, 11) is 0. The number of aliphatic hydroxyl groups is 1. The summed E-state index contributed by atoms with van der Waals surface area (Å²) in [5.74, 6) is -0.225. The number of rotatable bonds is 3. The van der Waals surface area contributed by atoms with Crippen LogP contribution in [0.1, 0.15) is 16.9 Å². The molecule has 0 radical (unpaired) electrons. The number of hydrogen-bond donors (Lipinski definition) is 1. The largest absolute Gasteiger partial charge is 0.391 e. The van der Waals surface area contributed by atoms with Gasteiger partial charge in [0.25, 0.3) is 11.6 Å². The van der Waals surface area contributed by atoms with Crippen molar-refractivity contribution in [1.29, 1.82) is 0 Å². The van der Waals surface area contributed by atoms with Crippen molar-refractivity contribution in [2.45, 2.75) is 12.5 Å². The Morgan fingerprint density at radius 1 is 1.32 bits per heavy atom. The van der Waals surface area contributed by atoms with Gasteiger partial charge in [-0.1, -0.05) is 0 Å². The molecule has 22 heavy (non-hydrogen) atoms. The molecule has 0 unspecified atom stereocenters. The third-order valence-corrected chi connectivity index (χ3v) is 3.58. The Kier molecular flexibility index (Phi) is 3.60. The number of likely N-dealkylation sites (tertiary alicyclic amines) is 1. The molecule has 0 bridgehead atoms. The highest BCUT2D eigenvalue weighted by atomic mass is 16.6. The van der Waals surface area contributed by atoms with E-state index in [1.165, 1.54) is 16.8 Å². The normalized spacial score (nSPS) is 17.7. The maximum absolute atomic E-state index is 12.2. The predicted octanol–water partition coefficient (Wildman–Crippen LogP) is 0.987. The summed E-state index contributed by atoms with van der Waals surface area (Å²) >= 11 is 0. The van der Waals surface area contributed by atoms with E-state index in [4.69, 9.17) is 0 Å². The maximum atomic E-state index is 12.2. The Morgan fingerprint density at radius 3 is 2.64 bits per heavy atom. The second-order valence-corrected chi connectivity index (χ2v) is 5.11. The topological polar surface area (TPSA) is 102 Å². The van der Waals surface area contributed by atoms with Crippen LogP contribution in [0.2, 0.25) is 0 Å². The smallest absolute Gasteiger partial charge is 0.274 e. The molecule has 3 rings (SSSR count). The van der Waals surface area contributed by atoms with E-state index in [1.54, 1.807) is 29.3 Å². The SMILES string of the molecule is O=C(c1ccn(-c2ccc([N+](=O)[O-])cc2)n1)N1CC[C@@H](O)C1. The Bertz CT molecular complexity index is 710.